The second kappa shape index (κ2) is 9.75. The van der Waals surface area contributed by atoms with Gasteiger partial charge in [-0.05, 0) is 0 Å². The minimum Gasteiger partial charge on any atom is -0.383 e. The maximum atomic E-state index is 11.7. The van der Waals surface area contributed by atoms with Crippen LogP contribution in [-0.2, 0) is 9.47 Å². The van der Waals surface area contributed by atoms with E-state index in [9.17, 15) is 8.78 Å². The van der Waals surface area contributed by atoms with E-state index in [1.165, 1.54) is 0 Å². The summed E-state index contributed by atoms with van der Waals surface area (Å²) in [5.41, 5.74) is 2.38. The predicted molar refractivity (Wildman–Crippen MR) is 52.9 cm³/mol. The van der Waals surface area contributed by atoms with E-state index < -0.39 is 13.0 Å². The van der Waals surface area contributed by atoms with Crippen molar-refractivity contribution in [1.29, 1.82) is 0 Å². The van der Waals surface area contributed by atoms with Gasteiger partial charge in [-0.3, -0.25) is 4.99 Å². The largest absolute Gasteiger partial charge is 0.383 e. The van der Waals surface area contributed by atoms with Gasteiger partial charge in [0.05, 0.1) is 19.8 Å². The standard InChI is InChI=1S/C8H17F2N3O2/c1-14-5-3-12-8(13-11)2-4-15-6-7(9)10/h7H,2-6,11H2,1H3,(H,12,13). The molecule has 0 spiro atoms. The molecule has 0 aliphatic heterocycles. The minimum absolute atomic E-state index is 0.167. The number of hydrogen-bond acceptors (Lipinski definition) is 4. The van der Waals surface area contributed by atoms with Gasteiger partial charge in [-0.1, -0.05) is 0 Å². The van der Waals surface area contributed by atoms with E-state index in [2.05, 4.69) is 15.2 Å². The second-order valence-corrected chi connectivity index (χ2v) is 2.68. The molecule has 15 heavy (non-hydrogen) atoms. The summed E-state index contributed by atoms with van der Waals surface area (Å²) in [6, 6.07) is 0. The smallest absolute Gasteiger partial charge is 0.261 e. The normalized spacial score (nSPS) is 12.2. The zero-order chi connectivity index (χ0) is 11.5. The van der Waals surface area contributed by atoms with E-state index in [0.717, 1.165) is 0 Å². The summed E-state index contributed by atoms with van der Waals surface area (Å²) in [7, 11) is 1.57. The minimum atomic E-state index is -2.44. The van der Waals surface area contributed by atoms with Gasteiger partial charge in [0.15, 0.2) is 0 Å². The molecule has 3 N–H and O–H groups in total. The van der Waals surface area contributed by atoms with Gasteiger partial charge >= 0.3 is 0 Å². The summed E-state index contributed by atoms with van der Waals surface area (Å²) in [4.78, 5) is 4.04. The molecule has 0 saturated carbocycles. The van der Waals surface area contributed by atoms with Gasteiger partial charge in [-0.2, -0.15) is 0 Å². The van der Waals surface area contributed by atoms with Crippen LogP contribution in [0.25, 0.3) is 0 Å². The molecular weight excluding hydrogens is 208 g/mol. The number of rotatable bonds is 8. The average molecular weight is 225 g/mol. The van der Waals surface area contributed by atoms with Gasteiger partial charge in [0.2, 0.25) is 0 Å². The third-order valence-electron chi connectivity index (χ3n) is 1.49. The molecular formula is C8H17F2N3O2. The fraction of sp³-hybridized carbons (Fsp3) is 0.875. The molecule has 0 rings (SSSR count). The fourth-order valence-corrected chi connectivity index (χ4v) is 0.810. The lowest BCUT2D eigenvalue weighted by Crippen LogP contribution is -2.31. The van der Waals surface area contributed by atoms with Crippen LogP contribution in [0.3, 0.4) is 0 Å². The molecule has 0 saturated heterocycles. The van der Waals surface area contributed by atoms with E-state index in [1.54, 1.807) is 7.11 Å². The van der Waals surface area contributed by atoms with E-state index in [-0.39, 0.29) is 6.61 Å². The first kappa shape index (κ1) is 14.2. The van der Waals surface area contributed by atoms with Crippen molar-refractivity contribution >= 4 is 5.84 Å². The number of ether oxygens (including phenoxy) is 2. The van der Waals surface area contributed by atoms with Crippen molar-refractivity contribution in [2.75, 3.05) is 33.5 Å². The van der Waals surface area contributed by atoms with Crippen LogP contribution in [0.1, 0.15) is 6.42 Å². The predicted octanol–water partition coefficient (Wildman–Crippen LogP) is 0.166. The topological polar surface area (TPSA) is 68.9 Å². The highest BCUT2D eigenvalue weighted by Crippen LogP contribution is 1.94. The Kier molecular flexibility index (Phi) is 9.24. The molecule has 0 radical (unpaired) electrons. The van der Waals surface area contributed by atoms with Crippen LogP contribution in [0, 0.1) is 0 Å². The quantitative estimate of drug-likeness (QED) is 0.203. The first-order chi connectivity index (χ1) is 7.20. The number of nitrogens with one attached hydrogen (secondary N) is 1. The van der Waals surface area contributed by atoms with Crippen molar-refractivity contribution in [2.24, 2.45) is 10.8 Å². The molecule has 0 unspecified atom stereocenters. The van der Waals surface area contributed by atoms with Gasteiger partial charge in [-0.15, -0.1) is 0 Å². The SMILES string of the molecule is COCCN=C(CCOCC(F)F)NN. The molecule has 0 aromatic heterocycles. The van der Waals surface area contributed by atoms with Crippen molar-refractivity contribution in [1.82, 2.24) is 5.43 Å². The van der Waals surface area contributed by atoms with Crippen molar-refractivity contribution in [2.45, 2.75) is 12.8 Å². The summed E-state index contributed by atoms with van der Waals surface area (Å²) < 4.78 is 32.8. The number of amidine groups is 1. The number of aliphatic imine (C=N–C) groups is 1. The Balaban J connectivity index is 3.56. The third-order valence-corrected chi connectivity index (χ3v) is 1.49. The Hall–Kier alpha value is -0.790. The summed E-state index contributed by atoms with van der Waals surface area (Å²) in [6.07, 6.45) is -2.06. The Bertz CT molecular complexity index is 179. The van der Waals surface area contributed by atoms with Crippen molar-refractivity contribution in [3.8, 4) is 0 Å². The number of methoxy groups -OCH3 is 1. The van der Waals surface area contributed by atoms with Gasteiger partial charge in [0.25, 0.3) is 6.43 Å². The summed E-state index contributed by atoms with van der Waals surface area (Å²) in [5.74, 6) is 5.69. The number of hydrazine groups is 1. The molecule has 0 aromatic carbocycles. The molecule has 0 heterocycles. The Morgan fingerprint density at radius 3 is 2.73 bits per heavy atom. The molecule has 0 aromatic rings. The molecule has 0 amide bonds. The van der Waals surface area contributed by atoms with Gasteiger partial charge < -0.3 is 14.9 Å². The Morgan fingerprint density at radius 1 is 1.47 bits per heavy atom. The number of nitrogens with two attached hydrogens (primary N) is 1. The second-order valence-electron chi connectivity index (χ2n) is 2.68. The van der Waals surface area contributed by atoms with Crippen LogP contribution in [0.15, 0.2) is 4.99 Å². The molecule has 0 aliphatic carbocycles. The lowest BCUT2D eigenvalue weighted by molar-refractivity contribution is 0.0200. The Morgan fingerprint density at radius 2 is 2.20 bits per heavy atom. The fourth-order valence-electron chi connectivity index (χ4n) is 0.810. The number of alkyl halides is 2. The molecule has 0 aliphatic rings. The lowest BCUT2D eigenvalue weighted by atomic mass is 10.4. The van der Waals surface area contributed by atoms with E-state index >= 15 is 0 Å². The van der Waals surface area contributed by atoms with Crippen LogP contribution in [0.4, 0.5) is 8.78 Å². The molecule has 7 heteroatoms. The highest BCUT2D eigenvalue weighted by Gasteiger charge is 2.02. The van der Waals surface area contributed by atoms with Crippen molar-refractivity contribution in [3.05, 3.63) is 0 Å². The maximum absolute atomic E-state index is 11.7. The van der Waals surface area contributed by atoms with E-state index in [0.29, 0.717) is 25.4 Å². The molecule has 0 atom stereocenters. The highest BCUT2D eigenvalue weighted by molar-refractivity contribution is 5.81. The Labute approximate surface area is 87.6 Å². The van der Waals surface area contributed by atoms with Crippen LogP contribution in [-0.4, -0.2) is 45.7 Å². The average Bonchev–Trinajstić information content (AvgIpc) is 2.21. The van der Waals surface area contributed by atoms with E-state index in [1.807, 2.05) is 0 Å². The number of halogens is 2. The monoisotopic (exact) mass is 225 g/mol. The van der Waals surface area contributed by atoms with Gasteiger partial charge in [-0.25, -0.2) is 14.6 Å². The van der Waals surface area contributed by atoms with Crippen LogP contribution in [0.5, 0.6) is 0 Å². The van der Waals surface area contributed by atoms with Crippen LogP contribution >= 0.6 is 0 Å². The first-order valence-electron chi connectivity index (χ1n) is 4.55. The van der Waals surface area contributed by atoms with Gasteiger partial charge in [0.1, 0.15) is 12.4 Å². The van der Waals surface area contributed by atoms with Crippen molar-refractivity contribution < 1.29 is 18.3 Å². The summed E-state index contributed by atoms with van der Waals surface area (Å²) in [5, 5.41) is 0. The molecule has 90 valence electrons. The summed E-state index contributed by atoms with van der Waals surface area (Å²) >= 11 is 0. The lowest BCUT2D eigenvalue weighted by Gasteiger charge is -2.06. The summed E-state index contributed by atoms with van der Waals surface area (Å²) in [6.45, 7) is 0.574. The third kappa shape index (κ3) is 9.51. The van der Waals surface area contributed by atoms with Crippen LogP contribution < -0.4 is 11.3 Å². The van der Waals surface area contributed by atoms with Gasteiger partial charge in [0, 0.05) is 13.5 Å². The zero-order valence-corrected chi connectivity index (χ0v) is 8.71. The highest BCUT2D eigenvalue weighted by atomic mass is 19.3. The zero-order valence-electron chi connectivity index (χ0n) is 8.71. The molecule has 0 bridgehead atoms. The number of hydrogen-bond donors (Lipinski definition) is 2. The van der Waals surface area contributed by atoms with Crippen molar-refractivity contribution in [3.63, 3.8) is 0 Å². The van der Waals surface area contributed by atoms with Crippen LogP contribution in [0.2, 0.25) is 0 Å². The van der Waals surface area contributed by atoms with E-state index in [4.69, 9.17) is 10.6 Å². The molecule has 0 fully saturated rings. The molecule has 5 nitrogen and oxygen atoms in total. The first-order valence-corrected chi connectivity index (χ1v) is 4.55. The maximum Gasteiger partial charge on any atom is 0.261 e. The number of nitrogens with zero attached hydrogens (tertiary/aromatic N) is 1.